The van der Waals surface area contributed by atoms with Gasteiger partial charge in [0.2, 0.25) is 11.7 Å². The highest BCUT2D eigenvalue weighted by molar-refractivity contribution is 8.00. The smallest absolute Gasteiger partial charge is 0.237 e. The molecule has 154 valence electrons. The van der Waals surface area contributed by atoms with Gasteiger partial charge < -0.3 is 9.73 Å². The Kier molecular flexibility index (Phi) is 6.19. The molecule has 30 heavy (non-hydrogen) atoms. The zero-order valence-corrected chi connectivity index (χ0v) is 17.6. The molecule has 0 saturated heterocycles. The minimum atomic E-state index is -0.383. The fourth-order valence-corrected chi connectivity index (χ4v) is 4.64. The van der Waals surface area contributed by atoms with Gasteiger partial charge in [0.15, 0.2) is 10.9 Å². The minimum Gasteiger partial charge on any atom is -0.461 e. The van der Waals surface area contributed by atoms with Crippen molar-refractivity contribution in [3.63, 3.8) is 0 Å². The van der Waals surface area contributed by atoms with Crippen LogP contribution in [0.15, 0.2) is 52.2 Å². The van der Waals surface area contributed by atoms with Crippen molar-refractivity contribution in [2.45, 2.75) is 55.5 Å². The average molecular weight is 422 g/mol. The minimum absolute atomic E-state index is 0.146. The molecule has 0 bridgehead atoms. The number of nitrogens with one attached hydrogen (secondary N) is 1. The average Bonchev–Trinajstić information content (AvgIpc) is 3.44. The molecule has 0 unspecified atom stereocenters. The van der Waals surface area contributed by atoms with E-state index < -0.39 is 0 Å². The molecule has 1 atom stereocenters. The third-order valence-electron chi connectivity index (χ3n) is 5.26. The van der Waals surface area contributed by atoms with E-state index in [-0.39, 0.29) is 11.2 Å². The van der Waals surface area contributed by atoms with Gasteiger partial charge in [-0.15, -0.1) is 10.2 Å². The van der Waals surface area contributed by atoms with Crippen molar-refractivity contribution in [1.82, 2.24) is 14.8 Å². The Labute approximate surface area is 179 Å². The fraction of sp³-hybridized carbons (Fsp3) is 0.364. The molecule has 1 N–H and O–H groups in total. The summed E-state index contributed by atoms with van der Waals surface area (Å²) in [5.41, 5.74) is 1.12. The summed E-state index contributed by atoms with van der Waals surface area (Å²) in [5, 5.41) is 21.0. The number of amides is 1. The first-order chi connectivity index (χ1) is 14.7. The summed E-state index contributed by atoms with van der Waals surface area (Å²) in [6.07, 6.45) is 7.37. The van der Waals surface area contributed by atoms with E-state index in [1.54, 1.807) is 30.5 Å². The maximum absolute atomic E-state index is 12.7. The number of benzene rings is 1. The van der Waals surface area contributed by atoms with E-state index in [1.807, 2.05) is 19.1 Å². The lowest BCUT2D eigenvalue weighted by Gasteiger charge is -2.25. The Hall–Kier alpha value is -3.05. The van der Waals surface area contributed by atoms with E-state index in [4.69, 9.17) is 9.68 Å². The number of hydrogen-bond acceptors (Lipinski definition) is 6. The van der Waals surface area contributed by atoms with E-state index in [1.165, 1.54) is 31.0 Å². The molecule has 1 aliphatic carbocycles. The lowest BCUT2D eigenvalue weighted by Crippen LogP contribution is -2.23. The second-order valence-electron chi connectivity index (χ2n) is 7.39. The van der Waals surface area contributed by atoms with Crippen LogP contribution in [-0.2, 0) is 4.79 Å². The first-order valence-electron chi connectivity index (χ1n) is 10.1. The lowest BCUT2D eigenvalue weighted by atomic mass is 9.95. The van der Waals surface area contributed by atoms with Crippen LogP contribution in [-0.4, -0.2) is 25.9 Å². The molecule has 0 spiro atoms. The van der Waals surface area contributed by atoms with Gasteiger partial charge in [-0.3, -0.25) is 9.36 Å². The van der Waals surface area contributed by atoms with Gasteiger partial charge in [0, 0.05) is 11.7 Å². The Morgan fingerprint density at radius 3 is 2.83 bits per heavy atom. The topological polar surface area (TPSA) is 96.7 Å². The number of thioether (sulfide) groups is 1. The van der Waals surface area contributed by atoms with Crippen LogP contribution in [0.2, 0.25) is 0 Å². The number of nitriles is 1. The highest BCUT2D eigenvalue weighted by Gasteiger charge is 2.27. The molecule has 3 aromatic rings. The Bertz CT molecular complexity index is 1050. The molecular weight excluding hydrogens is 398 g/mol. The predicted molar refractivity (Wildman–Crippen MR) is 115 cm³/mol. The van der Waals surface area contributed by atoms with Gasteiger partial charge >= 0.3 is 0 Å². The number of carbonyl (C=O) groups is 1. The molecule has 0 radical (unpaired) electrons. The molecule has 0 aliphatic heterocycles. The van der Waals surface area contributed by atoms with Crippen molar-refractivity contribution < 1.29 is 9.21 Å². The van der Waals surface area contributed by atoms with Gasteiger partial charge in [-0.25, -0.2) is 0 Å². The summed E-state index contributed by atoms with van der Waals surface area (Å²) in [4.78, 5) is 12.7. The first-order valence-corrected chi connectivity index (χ1v) is 11.0. The normalized spacial score (nSPS) is 15.5. The molecule has 2 heterocycles. The van der Waals surface area contributed by atoms with Gasteiger partial charge in [0.25, 0.3) is 0 Å². The van der Waals surface area contributed by atoms with E-state index in [0.29, 0.717) is 28.9 Å². The summed E-state index contributed by atoms with van der Waals surface area (Å²) in [6.45, 7) is 1.85. The number of nitrogens with zero attached hydrogens (tertiary/aromatic N) is 4. The monoisotopic (exact) mass is 421 g/mol. The van der Waals surface area contributed by atoms with Crippen molar-refractivity contribution in [3.05, 3.63) is 48.2 Å². The van der Waals surface area contributed by atoms with Crippen LogP contribution < -0.4 is 5.32 Å². The summed E-state index contributed by atoms with van der Waals surface area (Å²) in [6, 6.07) is 13.0. The molecular formula is C22H23N5O2S. The fourth-order valence-electron chi connectivity index (χ4n) is 3.72. The molecule has 1 amide bonds. The van der Waals surface area contributed by atoms with Crippen LogP contribution in [0.3, 0.4) is 0 Å². The molecule has 8 heteroatoms. The predicted octanol–water partition coefficient (Wildman–Crippen LogP) is 5.03. The second-order valence-corrected chi connectivity index (χ2v) is 8.70. The van der Waals surface area contributed by atoms with Gasteiger partial charge in [-0.1, -0.05) is 37.1 Å². The van der Waals surface area contributed by atoms with Gasteiger partial charge in [-0.05, 0) is 50.1 Å². The number of rotatable bonds is 6. The lowest BCUT2D eigenvalue weighted by molar-refractivity contribution is -0.115. The number of hydrogen-bond donors (Lipinski definition) is 1. The molecule has 4 rings (SSSR count). The first kappa shape index (κ1) is 20.2. The third-order valence-corrected chi connectivity index (χ3v) is 6.31. The van der Waals surface area contributed by atoms with E-state index in [0.717, 1.165) is 18.0 Å². The van der Waals surface area contributed by atoms with Gasteiger partial charge in [0.1, 0.15) is 0 Å². The van der Waals surface area contributed by atoms with Gasteiger partial charge in [-0.2, -0.15) is 5.26 Å². The van der Waals surface area contributed by atoms with Crippen LogP contribution in [0.1, 0.15) is 50.6 Å². The molecule has 7 nitrogen and oxygen atoms in total. The summed E-state index contributed by atoms with van der Waals surface area (Å²) in [5.74, 6) is 1.25. The number of anilines is 1. The molecule has 1 saturated carbocycles. The summed E-state index contributed by atoms with van der Waals surface area (Å²) in [7, 11) is 0. The van der Waals surface area contributed by atoms with Crippen LogP contribution >= 0.6 is 11.8 Å². The maximum atomic E-state index is 12.7. The van der Waals surface area contributed by atoms with Crippen molar-refractivity contribution in [2.75, 3.05) is 5.32 Å². The van der Waals surface area contributed by atoms with Crippen LogP contribution in [0.25, 0.3) is 11.6 Å². The van der Waals surface area contributed by atoms with E-state index in [9.17, 15) is 4.79 Å². The van der Waals surface area contributed by atoms with Crippen LogP contribution in [0.5, 0.6) is 0 Å². The number of aromatic nitrogens is 3. The third kappa shape index (κ3) is 4.41. The Balaban J connectivity index is 1.54. The maximum Gasteiger partial charge on any atom is 0.237 e. The van der Waals surface area contributed by atoms with Crippen LogP contribution in [0, 0.1) is 11.3 Å². The van der Waals surface area contributed by atoms with Crippen molar-refractivity contribution in [2.24, 2.45) is 0 Å². The number of carbonyl (C=O) groups excluding carboxylic acids is 1. The van der Waals surface area contributed by atoms with Crippen molar-refractivity contribution in [1.29, 1.82) is 5.26 Å². The van der Waals surface area contributed by atoms with Gasteiger partial charge in [0.05, 0.1) is 23.1 Å². The zero-order valence-electron chi connectivity index (χ0n) is 16.7. The molecule has 1 aromatic carbocycles. The standard InChI is InChI=1S/C22H23N5O2S/c1-15(21(28)24-17-8-5-7-16(13-17)14-23)30-22-26-25-20(19-11-6-12-29-19)27(22)18-9-3-2-4-10-18/h5-8,11-13,15,18H,2-4,9-10H2,1H3,(H,24,28)/t15-/m0/s1. The second kappa shape index (κ2) is 9.18. The summed E-state index contributed by atoms with van der Waals surface area (Å²) >= 11 is 1.39. The SMILES string of the molecule is C[C@H](Sc1nnc(-c2ccco2)n1C1CCCCC1)C(=O)Nc1cccc(C#N)c1. The Morgan fingerprint density at radius 2 is 2.10 bits per heavy atom. The Morgan fingerprint density at radius 1 is 1.27 bits per heavy atom. The highest BCUT2D eigenvalue weighted by Crippen LogP contribution is 2.36. The number of furan rings is 1. The van der Waals surface area contributed by atoms with Crippen molar-refractivity contribution in [3.8, 4) is 17.7 Å². The largest absolute Gasteiger partial charge is 0.461 e. The van der Waals surface area contributed by atoms with Crippen molar-refractivity contribution >= 4 is 23.4 Å². The zero-order chi connectivity index (χ0) is 20.9. The molecule has 2 aromatic heterocycles. The van der Waals surface area contributed by atoms with Crippen LogP contribution in [0.4, 0.5) is 5.69 Å². The summed E-state index contributed by atoms with van der Waals surface area (Å²) < 4.78 is 7.72. The van der Waals surface area contributed by atoms with E-state index >= 15 is 0 Å². The highest BCUT2D eigenvalue weighted by atomic mass is 32.2. The molecule has 1 aliphatic rings. The molecule has 1 fully saturated rings. The quantitative estimate of drug-likeness (QED) is 0.561. The van der Waals surface area contributed by atoms with E-state index in [2.05, 4.69) is 26.2 Å².